The molecule has 0 unspecified atom stereocenters. The molecule has 1 aromatic heterocycles. The molecule has 3 aromatic rings. The number of amides is 2. The fourth-order valence-corrected chi connectivity index (χ4v) is 2.71. The molecular weight excluding hydrogens is 396 g/mol. The highest BCUT2D eigenvalue weighted by Crippen LogP contribution is 2.28. The second kappa shape index (κ2) is 9.16. The summed E-state index contributed by atoms with van der Waals surface area (Å²) >= 11 is 5.89. The van der Waals surface area contributed by atoms with Gasteiger partial charge in [-0.15, -0.1) is 0 Å². The molecule has 0 atom stereocenters. The smallest absolute Gasteiger partial charge is 0.255 e. The number of carbonyl (C=O) groups is 2. The number of hydrogen-bond donors (Lipinski definition) is 2. The molecule has 8 heteroatoms. The molecule has 0 aliphatic carbocycles. The quantitative estimate of drug-likeness (QED) is 0.587. The number of methoxy groups -OCH3 is 1. The molecule has 0 aliphatic heterocycles. The van der Waals surface area contributed by atoms with Crippen LogP contribution in [0.2, 0.25) is 5.02 Å². The van der Waals surface area contributed by atoms with E-state index in [1.165, 1.54) is 13.2 Å². The highest BCUT2D eigenvalue weighted by Gasteiger charge is 2.13. The van der Waals surface area contributed by atoms with Gasteiger partial charge in [0, 0.05) is 16.1 Å². The van der Waals surface area contributed by atoms with Gasteiger partial charge in [0.15, 0.2) is 18.1 Å². The van der Waals surface area contributed by atoms with Gasteiger partial charge in [-0.05, 0) is 54.6 Å². The van der Waals surface area contributed by atoms with Gasteiger partial charge in [0.1, 0.15) is 11.5 Å². The van der Waals surface area contributed by atoms with Gasteiger partial charge in [-0.2, -0.15) is 0 Å². The molecular formula is C21H19ClN2O5. The molecule has 0 saturated heterocycles. The predicted octanol–water partition coefficient (Wildman–Crippen LogP) is 3.40. The number of ether oxygens (including phenoxy) is 2. The van der Waals surface area contributed by atoms with E-state index in [1.54, 1.807) is 30.3 Å². The number of halogens is 1. The van der Waals surface area contributed by atoms with E-state index in [4.69, 9.17) is 31.2 Å². The third kappa shape index (κ3) is 5.30. The van der Waals surface area contributed by atoms with Crippen molar-refractivity contribution in [3.05, 3.63) is 70.9 Å². The minimum Gasteiger partial charge on any atom is -0.493 e. The summed E-state index contributed by atoms with van der Waals surface area (Å²) in [5, 5.41) is 3.43. The summed E-state index contributed by atoms with van der Waals surface area (Å²) in [5.74, 6) is 1.02. The topological polar surface area (TPSA) is 104 Å². The van der Waals surface area contributed by atoms with E-state index in [-0.39, 0.29) is 19.1 Å². The summed E-state index contributed by atoms with van der Waals surface area (Å²) in [7, 11) is 1.44. The largest absolute Gasteiger partial charge is 0.493 e. The van der Waals surface area contributed by atoms with Crippen LogP contribution in [0.1, 0.15) is 16.1 Å². The Bertz CT molecular complexity index is 1010. The highest BCUT2D eigenvalue weighted by atomic mass is 35.5. The van der Waals surface area contributed by atoms with Gasteiger partial charge < -0.3 is 24.9 Å². The molecule has 0 saturated carbocycles. The molecule has 2 amide bonds. The third-order valence-electron chi connectivity index (χ3n) is 4.01. The van der Waals surface area contributed by atoms with E-state index in [2.05, 4.69) is 5.32 Å². The molecule has 0 bridgehead atoms. The van der Waals surface area contributed by atoms with Crippen molar-refractivity contribution in [2.24, 2.45) is 5.73 Å². The normalized spacial score (nSPS) is 10.4. The third-order valence-corrected chi connectivity index (χ3v) is 4.26. The number of hydrogen-bond acceptors (Lipinski definition) is 5. The Balaban J connectivity index is 1.63. The fraction of sp³-hybridized carbons (Fsp3) is 0.143. The molecule has 3 rings (SSSR count). The molecule has 29 heavy (non-hydrogen) atoms. The van der Waals surface area contributed by atoms with Crippen molar-refractivity contribution in [3.63, 3.8) is 0 Å². The Labute approximate surface area is 172 Å². The van der Waals surface area contributed by atoms with Crippen LogP contribution in [0.5, 0.6) is 11.5 Å². The maximum absolute atomic E-state index is 12.4. The van der Waals surface area contributed by atoms with Crippen LogP contribution in [0.3, 0.4) is 0 Å². The summed E-state index contributed by atoms with van der Waals surface area (Å²) in [5.41, 5.74) is 6.33. The first-order valence-electron chi connectivity index (χ1n) is 8.68. The van der Waals surface area contributed by atoms with Crippen molar-refractivity contribution in [2.45, 2.75) is 6.54 Å². The van der Waals surface area contributed by atoms with Gasteiger partial charge >= 0.3 is 0 Å². The van der Waals surface area contributed by atoms with E-state index in [0.717, 1.165) is 5.56 Å². The number of furan rings is 1. The van der Waals surface area contributed by atoms with Crippen LogP contribution in [0.25, 0.3) is 11.3 Å². The Hall–Kier alpha value is -3.45. The number of rotatable bonds is 8. The maximum Gasteiger partial charge on any atom is 0.255 e. The lowest BCUT2D eigenvalue weighted by Crippen LogP contribution is -2.23. The van der Waals surface area contributed by atoms with Crippen LogP contribution < -0.4 is 20.5 Å². The average Bonchev–Trinajstić information content (AvgIpc) is 3.19. The number of primary amides is 1. The molecule has 0 aliphatic rings. The maximum atomic E-state index is 12.4. The van der Waals surface area contributed by atoms with Crippen LogP contribution in [0.15, 0.2) is 59.0 Å². The summed E-state index contributed by atoms with van der Waals surface area (Å²) in [6.45, 7) is -0.0645. The fourth-order valence-electron chi connectivity index (χ4n) is 2.59. The van der Waals surface area contributed by atoms with Crippen molar-refractivity contribution < 1.29 is 23.5 Å². The minimum absolute atomic E-state index is 0.217. The van der Waals surface area contributed by atoms with Crippen molar-refractivity contribution in [1.82, 2.24) is 5.32 Å². The molecule has 0 fully saturated rings. The zero-order valence-corrected chi connectivity index (χ0v) is 16.4. The monoisotopic (exact) mass is 414 g/mol. The van der Waals surface area contributed by atoms with Gasteiger partial charge in [0.05, 0.1) is 13.7 Å². The van der Waals surface area contributed by atoms with Crippen LogP contribution in [0, 0.1) is 0 Å². The minimum atomic E-state index is -0.606. The molecule has 0 radical (unpaired) electrons. The first-order chi connectivity index (χ1) is 14.0. The SMILES string of the molecule is COc1cc(C(=O)NCc2ccc(-c3ccc(Cl)cc3)o2)ccc1OCC(N)=O. The molecule has 2 aromatic carbocycles. The first kappa shape index (κ1) is 20.3. The van der Waals surface area contributed by atoms with Crippen LogP contribution in [-0.2, 0) is 11.3 Å². The molecule has 3 N–H and O–H groups in total. The van der Waals surface area contributed by atoms with Gasteiger partial charge in [0.2, 0.25) is 0 Å². The lowest BCUT2D eigenvalue weighted by atomic mass is 10.2. The van der Waals surface area contributed by atoms with Crippen molar-refractivity contribution >= 4 is 23.4 Å². The summed E-state index contributed by atoms with van der Waals surface area (Å²) < 4.78 is 16.2. The predicted molar refractivity (Wildman–Crippen MR) is 108 cm³/mol. The molecule has 150 valence electrons. The van der Waals surface area contributed by atoms with Gasteiger partial charge in [-0.1, -0.05) is 11.6 Å². The van der Waals surface area contributed by atoms with E-state index >= 15 is 0 Å². The van der Waals surface area contributed by atoms with E-state index in [0.29, 0.717) is 33.6 Å². The van der Waals surface area contributed by atoms with E-state index in [1.807, 2.05) is 18.2 Å². The Kier molecular flexibility index (Phi) is 6.41. The number of nitrogens with one attached hydrogen (secondary N) is 1. The van der Waals surface area contributed by atoms with Crippen LogP contribution in [-0.4, -0.2) is 25.5 Å². The number of benzene rings is 2. The summed E-state index contributed by atoms with van der Waals surface area (Å²) in [4.78, 5) is 23.3. The Morgan fingerprint density at radius 2 is 1.83 bits per heavy atom. The zero-order chi connectivity index (χ0) is 20.8. The van der Waals surface area contributed by atoms with E-state index < -0.39 is 5.91 Å². The van der Waals surface area contributed by atoms with E-state index in [9.17, 15) is 9.59 Å². The zero-order valence-electron chi connectivity index (χ0n) is 15.6. The van der Waals surface area contributed by atoms with Gasteiger partial charge in [-0.25, -0.2) is 0 Å². The Morgan fingerprint density at radius 3 is 2.52 bits per heavy atom. The molecule has 1 heterocycles. The number of nitrogens with two attached hydrogens (primary N) is 1. The van der Waals surface area contributed by atoms with Crippen molar-refractivity contribution in [2.75, 3.05) is 13.7 Å². The lowest BCUT2D eigenvalue weighted by molar-refractivity contribution is -0.119. The Morgan fingerprint density at radius 1 is 1.07 bits per heavy atom. The van der Waals surface area contributed by atoms with Gasteiger partial charge in [0.25, 0.3) is 11.8 Å². The lowest BCUT2D eigenvalue weighted by Gasteiger charge is -2.11. The van der Waals surface area contributed by atoms with Crippen LogP contribution >= 0.6 is 11.6 Å². The summed E-state index contributed by atoms with van der Waals surface area (Å²) in [6, 6.07) is 15.5. The van der Waals surface area contributed by atoms with Crippen molar-refractivity contribution in [3.8, 4) is 22.8 Å². The van der Waals surface area contributed by atoms with Crippen molar-refractivity contribution in [1.29, 1.82) is 0 Å². The average molecular weight is 415 g/mol. The highest BCUT2D eigenvalue weighted by molar-refractivity contribution is 6.30. The molecule has 0 spiro atoms. The number of carbonyl (C=O) groups excluding carboxylic acids is 2. The second-order valence-electron chi connectivity index (χ2n) is 6.08. The van der Waals surface area contributed by atoms with Gasteiger partial charge in [-0.3, -0.25) is 9.59 Å². The van der Waals surface area contributed by atoms with Crippen LogP contribution in [0.4, 0.5) is 0 Å². The molecule has 7 nitrogen and oxygen atoms in total. The first-order valence-corrected chi connectivity index (χ1v) is 9.06. The standard InChI is InChI=1S/C21H19ClN2O5/c1-27-19-10-14(4-8-18(19)28-12-20(23)25)21(26)24-11-16-7-9-17(29-16)13-2-5-15(22)6-3-13/h2-10H,11-12H2,1H3,(H2,23,25)(H,24,26). The summed E-state index contributed by atoms with van der Waals surface area (Å²) in [6.07, 6.45) is 0. The second-order valence-corrected chi connectivity index (χ2v) is 6.51.